The number of carbonyl (C=O) groups is 1. The Kier molecular flexibility index (Phi) is 6.18. The van der Waals surface area contributed by atoms with E-state index in [1.54, 1.807) is 16.9 Å². The first-order valence-electron chi connectivity index (χ1n) is 13.9. The predicted molar refractivity (Wildman–Crippen MR) is 152 cm³/mol. The minimum Gasteiger partial charge on any atom is -0.462 e. The number of benzene rings is 1. The molecule has 0 amide bonds. The minimum atomic E-state index is -0.249. The maximum absolute atomic E-state index is 12.8. The van der Waals surface area contributed by atoms with Crippen LogP contribution in [0.4, 0.5) is 5.69 Å². The molecule has 0 aliphatic heterocycles. The zero-order valence-corrected chi connectivity index (χ0v) is 23.6. The van der Waals surface area contributed by atoms with Crippen molar-refractivity contribution in [2.45, 2.75) is 78.6 Å². The van der Waals surface area contributed by atoms with E-state index in [9.17, 15) is 4.79 Å². The summed E-state index contributed by atoms with van der Waals surface area (Å²) in [6.07, 6.45) is 10.6. The number of hydrogen-bond donors (Lipinski definition) is 0. The van der Waals surface area contributed by atoms with E-state index in [0.717, 1.165) is 55.8 Å². The zero-order valence-electron chi connectivity index (χ0n) is 22.8. The summed E-state index contributed by atoms with van der Waals surface area (Å²) in [5.74, 6) is 2.62. The van der Waals surface area contributed by atoms with Gasteiger partial charge < -0.3 is 9.30 Å². The van der Waals surface area contributed by atoms with Crippen LogP contribution in [-0.4, -0.2) is 23.4 Å². The number of aryl methyl sites for hydroxylation is 2. The second kappa shape index (κ2) is 9.27. The highest BCUT2D eigenvalue weighted by Gasteiger charge is 2.51. The van der Waals surface area contributed by atoms with Gasteiger partial charge >= 0.3 is 5.97 Å². The topological polar surface area (TPSA) is 43.6 Å². The second-order valence-electron chi connectivity index (χ2n) is 11.8. The van der Waals surface area contributed by atoms with E-state index in [-0.39, 0.29) is 5.97 Å². The summed E-state index contributed by atoms with van der Waals surface area (Å²) in [4.78, 5) is 18.8. The van der Waals surface area contributed by atoms with Gasteiger partial charge in [-0.3, -0.25) is 4.99 Å². The average molecular weight is 515 g/mol. The number of esters is 1. The number of ether oxygens (including phenoxy) is 1. The molecule has 4 aliphatic rings. The second-order valence-corrected chi connectivity index (χ2v) is 13.1. The predicted octanol–water partition coefficient (Wildman–Crippen LogP) is 8.17. The highest BCUT2D eigenvalue weighted by molar-refractivity contribution is 7.15. The largest absolute Gasteiger partial charge is 0.462 e. The fraction of sp³-hybridized carbons (Fsp3) is 0.500. The Morgan fingerprint density at radius 1 is 1.05 bits per heavy atom. The molecule has 37 heavy (non-hydrogen) atoms. The quantitative estimate of drug-likeness (QED) is 0.246. The molecular formula is C32H38N2O2S. The van der Waals surface area contributed by atoms with Crippen LogP contribution >= 0.6 is 11.3 Å². The van der Waals surface area contributed by atoms with Gasteiger partial charge in [-0.15, -0.1) is 11.3 Å². The van der Waals surface area contributed by atoms with Gasteiger partial charge in [0.05, 0.1) is 17.9 Å². The van der Waals surface area contributed by atoms with E-state index < -0.39 is 0 Å². The van der Waals surface area contributed by atoms with Crippen molar-refractivity contribution in [3.63, 3.8) is 0 Å². The van der Waals surface area contributed by atoms with Gasteiger partial charge in [-0.2, -0.15) is 0 Å². The molecule has 2 aromatic heterocycles. The highest BCUT2D eigenvalue weighted by atomic mass is 32.1. The molecular weight excluding hydrogens is 476 g/mol. The third kappa shape index (κ3) is 4.20. The van der Waals surface area contributed by atoms with Crippen LogP contribution in [0, 0.1) is 45.4 Å². The monoisotopic (exact) mass is 514 g/mol. The summed E-state index contributed by atoms with van der Waals surface area (Å²) in [6.45, 7) is 10.5. The maximum atomic E-state index is 12.8. The van der Waals surface area contributed by atoms with Gasteiger partial charge in [-0.05, 0) is 126 Å². The van der Waals surface area contributed by atoms with E-state index in [1.165, 1.54) is 38.5 Å². The van der Waals surface area contributed by atoms with Gasteiger partial charge in [-0.25, -0.2) is 4.79 Å². The van der Waals surface area contributed by atoms with E-state index >= 15 is 0 Å². The average Bonchev–Trinajstić information content (AvgIpc) is 3.30. The summed E-state index contributed by atoms with van der Waals surface area (Å²) in [7, 11) is 0. The normalized spacial score (nSPS) is 26.4. The van der Waals surface area contributed by atoms with Crippen molar-refractivity contribution in [3.8, 4) is 5.00 Å². The van der Waals surface area contributed by atoms with Crippen LogP contribution in [0.2, 0.25) is 0 Å². The smallest absolute Gasteiger partial charge is 0.341 e. The van der Waals surface area contributed by atoms with Crippen LogP contribution in [0.5, 0.6) is 0 Å². The van der Waals surface area contributed by atoms with Gasteiger partial charge in [0.15, 0.2) is 0 Å². The van der Waals surface area contributed by atoms with Crippen molar-refractivity contribution in [1.82, 2.24) is 4.57 Å². The van der Waals surface area contributed by atoms with Crippen molar-refractivity contribution in [2.24, 2.45) is 22.7 Å². The first-order valence-corrected chi connectivity index (χ1v) is 14.7. The van der Waals surface area contributed by atoms with Crippen molar-refractivity contribution < 1.29 is 9.53 Å². The van der Waals surface area contributed by atoms with Crippen LogP contribution in [0.15, 0.2) is 35.3 Å². The molecule has 7 rings (SSSR count). The van der Waals surface area contributed by atoms with E-state index in [4.69, 9.17) is 9.73 Å². The van der Waals surface area contributed by atoms with Crippen molar-refractivity contribution in [2.75, 3.05) is 6.61 Å². The van der Waals surface area contributed by atoms with E-state index in [2.05, 4.69) is 55.7 Å². The number of carbonyl (C=O) groups excluding carboxylic acids is 1. The van der Waals surface area contributed by atoms with Crippen LogP contribution in [0.25, 0.3) is 5.00 Å². The Bertz CT molecular complexity index is 1340. The minimum absolute atomic E-state index is 0.249. The lowest BCUT2D eigenvalue weighted by Gasteiger charge is -2.57. The molecule has 0 unspecified atom stereocenters. The van der Waals surface area contributed by atoms with E-state index in [1.807, 2.05) is 20.1 Å². The van der Waals surface area contributed by atoms with Crippen LogP contribution < -0.4 is 0 Å². The van der Waals surface area contributed by atoms with Crippen LogP contribution in [-0.2, 0) is 10.2 Å². The maximum Gasteiger partial charge on any atom is 0.341 e. The summed E-state index contributed by atoms with van der Waals surface area (Å²) >= 11 is 1.65. The fourth-order valence-electron chi connectivity index (χ4n) is 7.95. The molecule has 5 heteroatoms. The van der Waals surface area contributed by atoms with Gasteiger partial charge in [0.25, 0.3) is 0 Å². The molecule has 0 saturated heterocycles. The molecule has 0 radical (unpaired) electrons. The Morgan fingerprint density at radius 3 is 2.27 bits per heavy atom. The fourth-order valence-corrected chi connectivity index (χ4v) is 9.21. The molecule has 0 atom stereocenters. The zero-order chi connectivity index (χ0) is 25.9. The molecule has 4 nitrogen and oxygen atoms in total. The van der Waals surface area contributed by atoms with Crippen molar-refractivity contribution >= 4 is 29.2 Å². The number of hydrogen-bond acceptors (Lipinski definition) is 4. The number of thiophene rings is 1. The third-order valence-corrected chi connectivity index (χ3v) is 10.6. The Hall–Kier alpha value is -2.66. The number of nitrogens with zero attached hydrogens (tertiary/aromatic N) is 2. The van der Waals surface area contributed by atoms with Gasteiger partial charge in [0.1, 0.15) is 5.00 Å². The third-order valence-electron chi connectivity index (χ3n) is 9.39. The van der Waals surface area contributed by atoms with Crippen LogP contribution in [0.3, 0.4) is 0 Å². The van der Waals surface area contributed by atoms with E-state index in [0.29, 0.717) is 17.6 Å². The lowest BCUT2D eigenvalue weighted by molar-refractivity contribution is -0.00518. The Morgan fingerprint density at radius 2 is 1.68 bits per heavy atom. The molecule has 194 valence electrons. The highest BCUT2D eigenvalue weighted by Crippen LogP contribution is 2.60. The molecule has 1 aromatic carbocycles. The Labute approximate surface area is 224 Å². The summed E-state index contributed by atoms with van der Waals surface area (Å²) in [5, 5.41) is 0.933. The molecule has 0 spiro atoms. The molecule has 4 saturated carbocycles. The Balaban J connectivity index is 1.26. The molecule has 0 N–H and O–H groups in total. The summed E-state index contributed by atoms with van der Waals surface area (Å²) < 4.78 is 7.57. The molecule has 4 fully saturated rings. The molecule has 4 aliphatic carbocycles. The lowest BCUT2D eigenvalue weighted by Crippen LogP contribution is -2.48. The molecule has 3 aromatic rings. The summed E-state index contributed by atoms with van der Waals surface area (Å²) in [6, 6.07) is 11.3. The van der Waals surface area contributed by atoms with Gasteiger partial charge in [-0.1, -0.05) is 12.1 Å². The first-order chi connectivity index (χ1) is 17.8. The summed E-state index contributed by atoms with van der Waals surface area (Å²) in [5.41, 5.74) is 7.87. The van der Waals surface area contributed by atoms with Gasteiger partial charge in [0, 0.05) is 28.0 Å². The lowest BCUT2D eigenvalue weighted by atomic mass is 9.48. The molecule has 2 heterocycles. The van der Waals surface area contributed by atoms with Crippen molar-refractivity contribution in [3.05, 3.63) is 68.9 Å². The van der Waals surface area contributed by atoms with Crippen molar-refractivity contribution in [1.29, 1.82) is 0 Å². The number of rotatable bonds is 6. The SMILES string of the molecule is CCOC(=O)c1c(-n2c(C)cc(C=Nc3ccc(C45CC6CC(CC(C6)C4)C5)cc3)c2C)sc(C)c1C. The molecule has 4 bridgehead atoms. The standard InChI is InChI=1S/C32H38N2O2S/c1-6-36-31(35)29-20(3)22(5)37-30(29)34-19(2)11-26(21(34)4)18-33-28-9-7-27(8-10-28)32-15-23-12-24(16-32)14-25(13-23)17-32/h7-11,18,23-25H,6,12-17H2,1-5H3. The number of aliphatic imine (C=N–C) groups is 1. The first kappa shape index (κ1) is 24.7. The van der Waals surface area contributed by atoms with Crippen LogP contribution in [0.1, 0.15) is 88.8 Å². The number of aromatic nitrogens is 1. The van der Waals surface area contributed by atoms with Gasteiger partial charge in [0.2, 0.25) is 0 Å².